The Morgan fingerprint density at radius 2 is 1.92 bits per heavy atom. The molecule has 1 aromatic carbocycles. The summed E-state index contributed by atoms with van der Waals surface area (Å²) in [6.07, 6.45) is 1.93. The van der Waals surface area contributed by atoms with Gasteiger partial charge in [-0.25, -0.2) is 4.79 Å². The first-order valence-corrected chi connectivity index (χ1v) is 8.20. The van der Waals surface area contributed by atoms with Gasteiger partial charge in [0.1, 0.15) is 0 Å². The minimum absolute atomic E-state index is 0.246. The molecule has 0 aromatic heterocycles. The average molecular weight is 340 g/mol. The first-order valence-electron chi connectivity index (χ1n) is 8.20. The Kier molecular flexibility index (Phi) is 5.00. The van der Waals surface area contributed by atoms with E-state index in [0.29, 0.717) is 5.71 Å². The third-order valence-electron chi connectivity index (χ3n) is 4.53. The van der Waals surface area contributed by atoms with E-state index in [9.17, 15) is 14.8 Å². The van der Waals surface area contributed by atoms with Crippen LogP contribution in [0.5, 0.6) is 0 Å². The minimum atomic E-state index is -0.819. The van der Waals surface area contributed by atoms with Gasteiger partial charge >= 0.3 is 6.03 Å². The van der Waals surface area contributed by atoms with Gasteiger partial charge in [-0.3, -0.25) is 10.1 Å². The molecule has 0 aliphatic carbocycles. The second-order valence-electron chi connectivity index (χ2n) is 6.31. The molecule has 3 N–H and O–H groups in total. The predicted octanol–water partition coefficient (Wildman–Crippen LogP) is 0.766. The molecule has 2 heterocycles. The van der Waals surface area contributed by atoms with Gasteiger partial charge in [0.2, 0.25) is 0 Å². The number of piperidine rings is 1. The van der Waals surface area contributed by atoms with E-state index in [1.165, 1.54) is 0 Å². The van der Waals surface area contributed by atoms with Crippen molar-refractivity contribution in [1.29, 1.82) is 0 Å². The summed E-state index contributed by atoms with van der Waals surface area (Å²) in [6.45, 7) is 1.98. The first-order chi connectivity index (χ1) is 12.1. The third kappa shape index (κ3) is 3.98. The predicted molar refractivity (Wildman–Crippen MR) is 92.3 cm³/mol. The lowest BCUT2D eigenvalue weighted by molar-refractivity contribution is -0.119. The van der Waals surface area contributed by atoms with E-state index in [-0.39, 0.29) is 5.92 Å². The third-order valence-corrected chi connectivity index (χ3v) is 4.53. The van der Waals surface area contributed by atoms with Crippen LogP contribution in [0.4, 0.5) is 4.79 Å². The van der Waals surface area contributed by atoms with Crippen LogP contribution in [0.25, 0.3) is 0 Å². The smallest absolute Gasteiger partial charge is 0.322 e. The lowest BCUT2D eigenvalue weighted by Crippen LogP contribution is -2.33. The zero-order valence-corrected chi connectivity index (χ0v) is 14.0. The number of urea groups is 1. The Morgan fingerprint density at radius 3 is 2.48 bits per heavy atom. The second kappa shape index (κ2) is 7.36. The maximum atomic E-state index is 11.4. The van der Waals surface area contributed by atoms with Crippen molar-refractivity contribution in [3.05, 3.63) is 35.4 Å². The van der Waals surface area contributed by atoms with E-state index >= 15 is 0 Å². The number of imide groups is 1. The molecule has 1 unspecified atom stereocenters. The van der Waals surface area contributed by atoms with Crippen molar-refractivity contribution in [2.24, 2.45) is 11.1 Å². The Labute approximate surface area is 146 Å². The quantitative estimate of drug-likeness (QED) is 0.244. The molecule has 7 heteroatoms. The van der Waals surface area contributed by atoms with Gasteiger partial charge in [-0.2, -0.15) is 0 Å². The van der Waals surface area contributed by atoms with E-state index in [2.05, 4.69) is 39.6 Å². The molecular formula is C18H20N4O3. The number of likely N-dealkylation sites (tertiary alicyclic amines) is 1. The Morgan fingerprint density at radius 1 is 1.24 bits per heavy atom. The molecule has 3 rings (SSSR count). The highest BCUT2D eigenvalue weighted by atomic mass is 16.4. The van der Waals surface area contributed by atoms with Gasteiger partial charge < -0.3 is 15.4 Å². The molecule has 7 nitrogen and oxygen atoms in total. The van der Waals surface area contributed by atoms with Crippen molar-refractivity contribution >= 4 is 17.6 Å². The highest BCUT2D eigenvalue weighted by Gasteiger charge is 2.27. The monoisotopic (exact) mass is 340 g/mol. The molecule has 2 aliphatic rings. The molecule has 3 amide bonds. The molecule has 1 atom stereocenters. The molecule has 0 bridgehead atoms. The van der Waals surface area contributed by atoms with E-state index in [1.54, 1.807) is 0 Å². The van der Waals surface area contributed by atoms with Crippen LogP contribution < -0.4 is 10.6 Å². The van der Waals surface area contributed by atoms with Crippen LogP contribution in [-0.4, -0.2) is 53.9 Å². The molecule has 0 saturated carbocycles. The minimum Gasteiger partial charge on any atom is -0.411 e. The summed E-state index contributed by atoms with van der Waals surface area (Å²) in [5, 5.41) is 17.5. The highest BCUT2D eigenvalue weighted by molar-refractivity contribution is 6.06. The van der Waals surface area contributed by atoms with Gasteiger partial charge in [0.05, 0.1) is 5.71 Å². The molecule has 25 heavy (non-hydrogen) atoms. The average Bonchev–Trinajstić information content (AvgIpc) is 2.94. The number of nitrogens with zero attached hydrogens (tertiary/aromatic N) is 2. The van der Waals surface area contributed by atoms with Crippen LogP contribution in [0, 0.1) is 17.8 Å². The lowest BCUT2D eigenvalue weighted by atomic mass is 9.88. The summed E-state index contributed by atoms with van der Waals surface area (Å²) in [7, 11) is 2.09. The standard InChI is InChI=1S/C18H20N4O3/c1-22-10-8-14(9-11-22)16(21-25)13-5-2-12(3-6-13)4-7-15-17(23)20-18(24)19-15/h2-3,5-6,14-15,25H,8-11H2,1H3,(H2,19,20,23,24)/b21-16+. The molecule has 2 fully saturated rings. The zero-order valence-electron chi connectivity index (χ0n) is 14.0. The van der Waals surface area contributed by atoms with Gasteiger partial charge in [-0.05, 0) is 50.7 Å². The number of rotatable bonds is 2. The van der Waals surface area contributed by atoms with Crippen LogP contribution in [0.3, 0.4) is 0 Å². The Hall–Kier alpha value is -2.85. The van der Waals surface area contributed by atoms with Crippen LogP contribution in [0.2, 0.25) is 0 Å². The van der Waals surface area contributed by atoms with Crippen LogP contribution in [-0.2, 0) is 4.79 Å². The molecule has 0 radical (unpaired) electrons. The van der Waals surface area contributed by atoms with E-state index in [1.807, 2.05) is 24.3 Å². The van der Waals surface area contributed by atoms with Gasteiger partial charge in [-0.1, -0.05) is 29.1 Å². The number of oxime groups is 1. The summed E-state index contributed by atoms with van der Waals surface area (Å²) in [5.41, 5.74) is 2.29. The summed E-state index contributed by atoms with van der Waals surface area (Å²) in [6, 6.07) is 6.02. The number of amides is 3. The normalized spacial score (nSPS) is 22.1. The van der Waals surface area contributed by atoms with Crippen LogP contribution in [0.1, 0.15) is 24.0 Å². The van der Waals surface area contributed by atoms with Crippen LogP contribution >= 0.6 is 0 Å². The fourth-order valence-corrected chi connectivity index (χ4v) is 3.06. The van der Waals surface area contributed by atoms with Crippen molar-refractivity contribution in [3.63, 3.8) is 0 Å². The van der Waals surface area contributed by atoms with Crippen molar-refractivity contribution in [2.75, 3.05) is 20.1 Å². The van der Waals surface area contributed by atoms with Crippen molar-refractivity contribution in [3.8, 4) is 11.8 Å². The first kappa shape index (κ1) is 17.0. The zero-order chi connectivity index (χ0) is 17.8. The lowest BCUT2D eigenvalue weighted by Gasteiger charge is -2.29. The topological polar surface area (TPSA) is 94.0 Å². The maximum Gasteiger partial charge on any atom is 0.322 e. The van der Waals surface area contributed by atoms with Crippen molar-refractivity contribution in [1.82, 2.24) is 15.5 Å². The van der Waals surface area contributed by atoms with Gasteiger partial charge in [0.25, 0.3) is 5.91 Å². The number of benzene rings is 1. The van der Waals surface area contributed by atoms with Gasteiger partial charge in [0, 0.05) is 11.5 Å². The molecule has 0 spiro atoms. The highest BCUT2D eigenvalue weighted by Crippen LogP contribution is 2.22. The summed E-state index contributed by atoms with van der Waals surface area (Å²) < 4.78 is 0. The fraction of sp³-hybridized carbons (Fsp3) is 0.389. The number of carbonyl (C=O) groups is 2. The van der Waals surface area contributed by atoms with Gasteiger partial charge in [-0.15, -0.1) is 0 Å². The number of carbonyl (C=O) groups excluding carboxylic acids is 2. The van der Waals surface area contributed by atoms with E-state index in [4.69, 9.17) is 0 Å². The summed E-state index contributed by atoms with van der Waals surface area (Å²) in [5.74, 6) is 5.41. The van der Waals surface area contributed by atoms with E-state index < -0.39 is 18.0 Å². The Balaban J connectivity index is 1.69. The van der Waals surface area contributed by atoms with Crippen LogP contribution in [0.15, 0.2) is 29.4 Å². The maximum absolute atomic E-state index is 11.4. The summed E-state index contributed by atoms with van der Waals surface area (Å²) in [4.78, 5) is 24.8. The fourth-order valence-electron chi connectivity index (χ4n) is 3.06. The SMILES string of the molecule is CN1CCC(/C(=N/O)c2ccc(C#CC3NC(=O)NC3=O)cc2)CC1. The Bertz CT molecular complexity index is 753. The molecular weight excluding hydrogens is 320 g/mol. The largest absolute Gasteiger partial charge is 0.411 e. The number of nitrogens with one attached hydrogen (secondary N) is 2. The molecule has 1 aromatic rings. The molecule has 130 valence electrons. The summed E-state index contributed by atoms with van der Waals surface area (Å²) >= 11 is 0. The molecule has 2 aliphatic heterocycles. The number of hydrogen-bond acceptors (Lipinski definition) is 5. The van der Waals surface area contributed by atoms with E-state index in [0.717, 1.165) is 37.1 Å². The molecule has 2 saturated heterocycles. The second-order valence-corrected chi connectivity index (χ2v) is 6.31. The van der Waals surface area contributed by atoms with Crippen molar-refractivity contribution < 1.29 is 14.8 Å². The van der Waals surface area contributed by atoms with Crippen molar-refractivity contribution in [2.45, 2.75) is 18.9 Å². The van der Waals surface area contributed by atoms with Gasteiger partial charge in [0.15, 0.2) is 6.04 Å². The number of hydrogen-bond donors (Lipinski definition) is 3.